The average molecular weight is 390 g/mol. The van der Waals surface area contributed by atoms with Gasteiger partial charge in [-0.25, -0.2) is 4.79 Å². The van der Waals surface area contributed by atoms with Crippen molar-refractivity contribution in [2.24, 2.45) is 22.7 Å². The molecule has 2 saturated heterocycles. The van der Waals surface area contributed by atoms with Crippen molar-refractivity contribution in [3.63, 3.8) is 0 Å². The number of aliphatic hydroxyl groups is 1. The second-order valence-electron chi connectivity index (χ2n) is 9.34. The second kappa shape index (κ2) is 5.60. The van der Waals surface area contributed by atoms with Gasteiger partial charge in [-0.15, -0.1) is 0 Å². The van der Waals surface area contributed by atoms with Crippen LogP contribution >= 0.6 is 0 Å². The van der Waals surface area contributed by atoms with Gasteiger partial charge in [-0.3, -0.25) is 4.79 Å². The normalized spacial score (nSPS) is 49.3. The SMILES string of the molecule is COC(=O)[C@@]1(O)C2OC2C[C@H]2[C@]3(C)CC(c4ccoc4)OC(=O)[C@H]3CC[C@@]21C. The van der Waals surface area contributed by atoms with Crippen LogP contribution in [-0.2, 0) is 23.8 Å². The highest BCUT2D eigenvalue weighted by Crippen LogP contribution is 2.69. The molecule has 0 radical (unpaired) electrons. The number of hydrogen-bond donors (Lipinski definition) is 1. The fraction of sp³-hybridized carbons (Fsp3) is 0.714. The molecule has 2 saturated carbocycles. The number of hydrogen-bond acceptors (Lipinski definition) is 7. The van der Waals surface area contributed by atoms with Gasteiger partial charge in [-0.1, -0.05) is 13.8 Å². The van der Waals surface area contributed by atoms with Gasteiger partial charge in [0.05, 0.1) is 31.7 Å². The van der Waals surface area contributed by atoms with Crippen LogP contribution in [0.5, 0.6) is 0 Å². The van der Waals surface area contributed by atoms with Gasteiger partial charge in [-0.05, 0) is 43.1 Å². The van der Waals surface area contributed by atoms with Crippen molar-refractivity contribution in [1.82, 2.24) is 0 Å². The van der Waals surface area contributed by atoms with Crippen LogP contribution in [-0.4, -0.2) is 42.0 Å². The largest absolute Gasteiger partial charge is 0.472 e. The standard InChI is InChI=1S/C21H26O7/c1-19-9-14(11-5-7-26-10-11)28-17(22)12(19)4-6-20(2)15(19)8-13-16(27-13)21(20,24)18(23)25-3/h5,7,10,12-16,24H,4,6,8-9H2,1-3H3/t12-,13?,14?,15+,16?,19-,20+,21+/m1/s1. The van der Waals surface area contributed by atoms with Crippen LogP contribution in [0.25, 0.3) is 0 Å². The van der Waals surface area contributed by atoms with E-state index in [9.17, 15) is 14.7 Å². The Hall–Kier alpha value is -1.86. The predicted octanol–water partition coefficient (Wildman–Crippen LogP) is 2.38. The highest BCUT2D eigenvalue weighted by Gasteiger charge is 2.77. The Balaban J connectivity index is 1.58. The molecule has 3 unspecified atom stereocenters. The fourth-order valence-electron chi connectivity index (χ4n) is 6.64. The van der Waals surface area contributed by atoms with E-state index in [0.29, 0.717) is 19.3 Å². The summed E-state index contributed by atoms with van der Waals surface area (Å²) in [6, 6.07) is 1.81. The van der Waals surface area contributed by atoms with Crippen molar-refractivity contribution in [1.29, 1.82) is 0 Å². The van der Waals surface area contributed by atoms with Crippen molar-refractivity contribution in [2.75, 3.05) is 7.11 Å². The van der Waals surface area contributed by atoms with E-state index >= 15 is 0 Å². The van der Waals surface area contributed by atoms with E-state index in [2.05, 4.69) is 6.92 Å². The maximum absolute atomic E-state index is 12.9. The van der Waals surface area contributed by atoms with E-state index in [4.69, 9.17) is 18.6 Å². The van der Waals surface area contributed by atoms with Gasteiger partial charge in [0.1, 0.15) is 12.2 Å². The summed E-state index contributed by atoms with van der Waals surface area (Å²) in [5.41, 5.74) is -2.03. The first kappa shape index (κ1) is 18.2. The lowest BCUT2D eigenvalue weighted by Gasteiger charge is -2.62. The average Bonchev–Trinajstić information content (AvgIpc) is 3.24. The molecule has 152 valence electrons. The van der Waals surface area contributed by atoms with Crippen molar-refractivity contribution in [3.05, 3.63) is 24.2 Å². The van der Waals surface area contributed by atoms with Crippen LogP contribution in [0.2, 0.25) is 0 Å². The number of fused-ring (bicyclic) bond motifs is 4. The zero-order valence-electron chi connectivity index (χ0n) is 16.3. The number of furan rings is 1. The van der Waals surface area contributed by atoms with Crippen LogP contribution in [0.1, 0.15) is 51.2 Å². The molecule has 0 bridgehead atoms. The molecule has 5 rings (SSSR count). The first-order valence-corrected chi connectivity index (χ1v) is 9.94. The molecule has 2 aliphatic heterocycles. The lowest BCUT2D eigenvalue weighted by molar-refractivity contribution is -0.231. The summed E-state index contributed by atoms with van der Waals surface area (Å²) in [5, 5.41) is 11.6. The molecule has 1 aromatic rings. The molecule has 7 heteroatoms. The minimum Gasteiger partial charge on any atom is -0.472 e. The summed E-state index contributed by atoms with van der Waals surface area (Å²) < 4.78 is 21.7. The minimum atomic E-state index is -1.70. The van der Waals surface area contributed by atoms with Crippen LogP contribution < -0.4 is 0 Å². The molecule has 3 heterocycles. The number of carbonyl (C=O) groups excluding carboxylic acids is 2. The molecule has 1 aromatic heterocycles. The molecule has 4 aliphatic rings. The molecule has 0 aromatic carbocycles. The summed E-state index contributed by atoms with van der Waals surface area (Å²) in [5.74, 6) is -1.18. The number of ether oxygens (including phenoxy) is 3. The number of rotatable bonds is 2. The summed E-state index contributed by atoms with van der Waals surface area (Å²) >= 11 is 0. The maximum Gasteiger partial charge on any atom is 0.341 e. The van der Waals surface area contributed by atoms with Crippen LogP contribution in [0.4, 0.5) is 0 Å². The molecular formula is C21H26O7. The third-order valence-electron chi connectivity index (χ3n) is 8.23. The third-order valence-corrected chi connectivity index (χ3v) is 8.23. The zero-order chi connectivity index (χ0) is 19.9. The Labute approximate surface area is 163 Å². The third kappa shape index (κ3) is 2.06. The first-order chi connectivity index (χ1) is 13.3. The zero-order valence-corrected chi connectivity index (χ0v) is 16.3. The summed E-state index contributed by atoms with van der Waals surface area (Å²) in [6.45, 7) is 4.06. The van der Waals surface area contributed by atoms with E-state index in [1.807, 2.05) is 13.0 Å². The van der Waals surface area contributed by atoms with E-state index in [1.54, 1.807) is 12.5 Å². The number of carbonyl (C=O) groups is 2. The molecule has 1 N–H and O–H groups in total. The number of methoxy groups -OCH3 is 1. The van der Waals surface area contributed by atoms with Crippen LogP contribution in [0, 0.1) is 22.7 Å². The lowest BCUT2D eigenvalue weighted by Crippen LogP contribution is -2.69. The molecule has 28 heavy (non-hydrogen) atoms. The Bertz CT molecular complexity index is 819. The summed E-state index contributed by atoms with van der Waals surface area (Å²) in [7, 11) is 1.30. The highest BCUT2D eigenvalue weighted by molar-refractivity contribution is 5.83. The Morgan fingerprint density at radius 3 is 2.82 bits per heavy atom. The van der Waals surface area contributed by atoms with E-state index < -0.39 is 28.5 Å². The fourth-order valence-corrected chi connectivity index (χ4v) is 6.64. The predicted molar refractivity (Wildman–Crippen MR) is 94.8 cm³/mol. The molecule has 7 nitrogen and oxygen atoms in total. The number of cyclic esters (lactones) is 1. The second-order valence-corrected chi connectivity index (χ2v) is 9.34. The van der Waals surface area contributed by atoms with Crippen LogP contribution in [0.15, 0.2) is 23.0 Å². The van der Waals surface area contributed by atoms with Crippen molar-refractivity contribution >= 4 is 11.9 Å². The molecule has 0 amide bonds. The van der Waals surface area contributed by atoms with Crippen molar-refractivity contribution in [3.8, 4) is 0 Å². The Morgan fingerprint density at radius 1 is 1.36 bits per heavy atom. The van der Waals surface area contributed by atoms with E-state index in [0.717, 1.165) is 12.0 Å². The monoisotopic (exact) mass is 390 g/mol. The van der Waals surface area contributed by atoms with Gasteiger partial charge in [-0.2, -0.15) is 0 Å². The number of epoxide rings is 1. The first-order valence-electron chi connectivity index (χ1n) is 9.94. The van der Waals surface area contributed by atoms with Crippen molar-refractivity contribution in [2.45, 2.75) is 63.4 Å². The molecule has 2 aliphatic carbocycles. The quantitative estimate of drug-likeness (QED) is 0.611. The molecule has 4 fully saturated rings. The van der Waals surface area contributed by atoms with E-state index in [-0.39, 0.29) is 30.0 Å². The molecule has 0 spiro atoms. The van der Waals surface area contributed by atoms with Gasteiger partial charge in [0.25, 0.3) is 0 Å². The van der Waals surface area contributed by atoms with Gasteiger partial charge in [0.2, 0.25) is 0 Å². The summed E-state index contributed by atoms with van der Waals surface area (Å²) in [6.07, 6.45) is 4.54. The maximum atomic E-state index is 12.9. The Morgan fingerprint density at radius 2 is 2.14 bits per heavy atom. The van der Waals surface area contributed by atoms with Gasteiger partial charge >= 0.3 is 11.9 Å². The minimum absolute atomic E-state index is 0.0751. The van der Waals surface area contributed by atoms with Gasteiger partial charge in [0.15, 0.2) is 5.60 Å². The molecular weight excluding hydrogens is 364 g/mol. The Kier molecular flexibility index (Phi) is 3.64. The summed E-state index contributed by atoms with van der Waals surface area (Å²) in [4.78, 5) is 25.6. The molecule has 8 atom stereocenters. The lowest BCUT2D eigenvalue weighted by atomic mass is 9.42. The smallest absolute Gasteiger partial charge is 0.341 e. The topological polar surface area (TPSA) is 98.5 Å². The van der Waals surface area contributed by atoms with Crippen molar-refractivity contribution < 1.29 is 33.3 Å². The van der Waals surface area contributed by atoms with E-state index in [1.165, 1.54) is 7.11 Å². The van der Waals surface area contributed by atoms with Gasteiger partial charge in [0, 0.05) is 11.0 Å². The number of esters is 2. The van der Waals surface area contributed by atoms with Crippen LogP contribution in [0.3, 0.4) is 0 Å². The highest BCUT2D eigenvalue weighted by atomic mass is 16.6. The van der Waals surface area contributed by atoms with Gasteiger partial charge < -0.3 is 23.7 Å².